The molecule has 0 bridgehead atoms. The number of ether oxygens (including phenoxy) is 2. The third kappa shape index (κ3) is 30.4. The number of hydrogen-bond donors (Lipinski definition) is 1. The minimum atomic E-state index is -0.505. The molecule has 1 atom stereocenters. The Morgan fingerprint density at radius 3 is 1.02 bits per heavy atom. The third-order valence-electron chi connectivity index (χ3n) is 8.41. The van der Waals surface area contributed by atoms with Crippen LogP contribution < -0.4 is 0 Å². The van der Waals surface area contributed by atoms with Crippen molar-refractivity contribution in [1.82, 2.24) is 0 Å². The lowest BCUT2D eigenvalue weighted by Gasteiger charge is -2.28. The molecule has 1 rings (SSSR count). The van der Waals surface area contributed by atoms with E-state index in [2.05, 4.69) is 160 Å². The van der Waals surface area contributed by atoms with Crippen LogP contribution in [0, 0.1) is 0 Å². The predicted octanol–water partition coefficient (Wildman–Crippen LogP) is 14.2. The van der Waals surface area contributed by atoms with Crippen LogP contribution in [0.4, 0.5) is 0 Å². The van der Waals surface area contributed by atoms with Gasteiger partial charge in [-0.1, -0.05) is 160 Å². The van der Waals surface area contributed by atoms with E-state index in [9.17, 15) is 5.11 Å². The molecule has 0 saturated carbocycles. The van der Waals surface area contributed by atoms with Crippen molar-refractivity contribution in [2.75, 3.05) is 13.2 Å². The van der Waals surface area contributed by atoms with Crippen molar-refractivity contribution in [3.63, 3.8) is 0 Å². The second-order valence-corrected chi connectivity index (χ2v) is 13.1. The monoisotopic (exact) mass is 711 g/mol. The van der Waals surface area contributed by atoms with Crippen LogP contribution in [0.1, 0.15) is 136 Å². The first-order valence-corrected chi connectivity index (χ1v) is 20.5. The molecule has 3 nitrogen and oxygen atoms in total. The topological polar surface area (TPSA) is 38.7 Å². The minimum Gasteiger partial charge on any atom is -0.396 e. The lowest BCUT2D eigenvalue weighted by Crippen LogP contribution is -2.31. The summed E-state index contributed by atoms with van der Waals surface area (Å²) in [6, 6.07) is 0. The molecule has 288 valence electrons. The van der Waals surface area contributed by atoms with Gasteiger partial charge in [0.2, 0.25) is 0 Å². The van der Waals surface area contributed by atoms with E-state index in [4.69, 9.17) is 9.47 Å². The van der Waals surface area contributed by atoms with Crippen LogP contribution in [0.2, 0.25) is 0 Å². The Morgan fingerprint density at radius 1 is 0.442 bits per heavy atom. The fraction of sp³-hybridized carbons (Fsp3) is 0.510. The summed E-state index contributed by atoms with van der Waals surface area (Å²) >= 11 is 0. The summed E-state index contributed by atoms with van der Waals surface area (Å²) in [5.41, 5.74) is 0. The van der Waals surface area contributed by atoms with Crippen LogP contribution >= 0.6 is 0 Å². The second kappa shape index (κ2) is 37.5. The molecule has 0 aromatic carbocycles. The smallest absolute Gasteiger partial charge is 0.168 e. The van der Waals surface area contributed by atoms with Gasteiger partial charge >= 0.3 is 0 Å². The van der Waals surface area contributed by atoms with Crippen molar-refractivity contribution < 1.29 is 14.6 Å². The summed E-state index contributed by atoms with van der Waals surface area (Å²) in [4.78, 5) is 0. The molecule has 3 heteroatoms. The van der Waals surface area contributed by atoms with Gasteiger partial charge in [-0.05, 0) is 109 Å². The Morgan fingerprint density at radius 2 is 0.731 bits per heavy atom. The van der Waals surface area contributed by atoms with Gasteiger partial charge in [-0.2, -0.15) is 0 Å². The number of rotatable bonds is 32. The predicted molar refractivity (Wildman–Crippen MR) is 229 cm³/mol. The zero-order valence-corrected chi connectivity index (χ0v) is 33.0. The van der Waals surface area contributed by atoms with E-state index < -0.39 is 5.79 Å². The number of unbranched alkanes of at least 4 members (excludes halogenated alkanes) is 2. The van der Waals surface area contributed by atoms with Gasteiger partial charge in [-0.25, -0.2) is 0 Å². The van der Waals surface area contributed by atoms with Gasteiger partial charge in [0.1, 0.15) is 0 Å². The van der Waals surface area contributed by atoms with Crippen molar-refractivity contribution >= 4 is 0 Å². The Labute approximate surface area is 320 Å². The highest BCUT2D eigenvalue weighted by Crippen LogP contribution is 2.35. The SMILES string of the molecule is CC/C=C\C/C=C\C/C=C\C/C=C\C/C=C\C/C=C\CCCC1(CCC/C=C\C/C=C\C/C=C\C/C=C\C/C=C\C/C=C\CC)OCC(CCO)O1. The summed E-state index contributed by atoms with van der Waals surface area (Å²) in [5, 5.41) is 9.41. The first-order chi connectivity index (χ1) is 25.8. The molecule has 52 heavy (non-hydrogen) atoms. The maximum absolute atomic E-state index is 9.41. The van der Waals surface area contributed by atoms with Crippen LogP contribution in [0.25, 0.3) is 0 Å². The molecule has 1 N–H and O–H groups in total. The summed E-state index contributed by atoms with van der Waals surface area (Å²) in [6.45, 7) is 5.05. The molecule has 1 aliphatic heterocycles. The molecule has 1 unspecified atom stereocenters. The zero-order valence-electron chi connectivity index (χ0n) is 33.0. The largest absolute Gasteiger partial charge is 0.396 e. The molecule has 0 aromatic rings. The summed E-state index contributed by atoms with van der Waals surface area (Å²) in [6.07, 6.45) is 72.5. The van der Waals surface area contributed by atoms with E-state index in [1.165, 1.54) is 0 Å². The molecular formula is C49H74O3. The Kier molecular flexibility index (Phi) is 33.7. The van der Waals surface area contributed by atoms with Crippen LogP contribution in [0.15, 0.2) is 146 Å². The average molecular weight is 711 g/mol. The Balaban J connectivity index is 2.20. The molecular weight excluding hydrogens is 637 g/mol. The highest BCUT2D eigenvalue weighted by atomic mass is 16.7. The fourth-order valence-electron chi connectivity index (χ4n) is 5.55. The molecule has 1 heterocycles. The first kappa shape index (κ1) is 46.8. The molecule has 1 fully saturated rings. The molecule has 0 aliphatic carbocycles. The lowest BCUT2D eigenvalue weighted by molar-refractivity contribution is -0.179. The van der Waals surface area contributed by atoms with Gasteiger partial charge in [0.25, 0.3) is 0 Å². The van der Waals surface area contributed by atoms with Crippen molar-refractivity contribution in [3.8, 4) is 0 Å². The Bertz CT molecular complexity index is 1090. The van der Waals surface area contributed by atoms with Gasteiger partial charge < -0.3 is 14.6 Å². The molecule has 0 amide bonds. The van der Waals surface area contributed by atoms with E-state index in [0.717, 1.165) is 116 Å². The number of aliphatic hydroxyl groups is 1. The summed E-state index contributed by atoms with van der Waals surface area (Å²) in [7, 11) is 0. The molecule has 0 spiro atoms. The second-order valence-electron chi connectivity index (χ2n) is 13.1. The number of aliphatic hydroxyl groups excluding tert-OH is 1. The normalized spacial score (nSPS) is 17.5. The first-order valence-electron chi connectivity index (χ1n) is 20.5. The Hall–Kier alpha value is -3.24. The summed E-state index contributed by atoms with van der Waals surface area (Å²) in [5.74, 6) is -0.505. The zero-order chi connectivity index (χ0) is 37.3. The van der Waals surface area contributed by atoms with Gasteiger partial charge in [0, 0.05) is 19.4 Å². The number of allylic oxidation sites excluding steroid dienone is 24. The van der Waals surface area contributed by atoms with Gasteiger partial charge in [0.05, 0.1) is 12.7 Å². The van der Waals surface area contributed by atoms with E-state index in [1.54, 1.807) is 0 Å². The van der Waals surface area contributed by atoms with Crippen LogP contribution in [0.3, 0.4) is 0 Å². The highest BCUT2D eigenvalue weighted by Gasteiger charge is 2.40. The highest BCUT2D eigenvalue weighted by molar-refractivity contribution is 5.03. The van der Waals surface area contributed by atoms with Crippen molar-refractivity contribution in [3.05, 3.63) is 146 Å². The van der Waals surface area contributed by atoms with E-state index in [0.29, 0.717) is 13.0 Å². The van der Waals surface area contributed by atoms with Gasteiger partial charge in [-0.3, -0.25) is 0 Å². The quantitative estimate of drug-likeness (QED) is 0.0558. The molecule has 0 radical (unpaired) electrons. The van der Waals surface area contributed by atoms with E-state index in [1.807, 2.05) is 0 Å². The van der Waals surface area contributed by atoms with Gasteiger partial charge in [-0.15, -0.1) is 0 Å². The average Bonchev–Trinajstić information content (AvgIpc) is 3.55. The van der Waals surface area contributed by atoms with E-state index >= 15 is 0 Å². The van der Waals surface area contributed by atoms with Crippen molar-refractivity contribution in [1.29, 1.82) is 0 Å². The maximum atomic E-state index is 9.41. The minimum absolute atomic E-state index is 0.00162. The third-order valence-corrected chi connectivity index (χ3v) is 8.41. The maximum Gasteiger partial charge on any atom is 0.168 e. The van der Waals surface area contributed by atoms with E-state index in [-0.39, 0.29) is 12.7 Å². The fourth-order valence-corrected chi connectivity index (χ4v) is 5.55. The molecule has 1 aliphatic rings. The van der Waals surface area contributed by atoms with Crippen LogP contribution in [-0.2, 0) is 9.47 Å². The molecule has 0 aromatic heterocycles. The van der Waals surface area contributed by atoms with Gasteiger partial charge in [0.15, 0.2) is 5.79 Å². The van der Waals surface area contributed by atoms with Crippen molar-refractivity contribution in [2.45, 2.75) is 148 Å². The van der Waals surface area contributed by atoms with Crippen LogP contribution in [0.5, 0.6) is 0 Å². The summed E-state index contributed by atoms with van der Waals surface area (Å²) < 4.78 is 12.6. The lowest BCUT2D eigenvalue weighted by atomic mass is 10.0. The van der Waals surface area contributed by atoms with Crippen molar-refractivity contribution in [2.24, 2.45) is 0 Å². The van der Waals surface area contributed by atoms with Crippen LogP contribution in [-0.4, -0.2) is 30.2 Å². The standard InChI is InChI=1S/C49H74O3/c1-3-5-7-9-11-13-15-17-19-21-23-25-27-29-31-33-35-37-39-41-44-49(51-47-48(52-49)43-46-50)45-42-40-38-36-34-32-30-28-26-24-22-20-18-16-14-12-10-8-6-4-2/h5-8,11-14,17-20,23-26,29-32,35-38,48,50H,3-4,9-10,15-16,21-22,27-28,33-34,39-47H2,1-2H3/b7-5-,8-6-,13-11-,14-12-,19-17-,20-18-,25-23-,26-24-,31-29-,32-30-,37-35-,38-36-. The number of hydrogen-bond acceptors (Lipinski definition) is 3. The molecule has 1 saturated heterocycles.